The van der Waals surface area contributed by atoms with E-state index in [9.17, 15) is 20.7 Å². The quantitative estimate of drug-likeness (QED) is 0.779. The molecular formula is C11H9BrFNO4S3. The van der Waals surface area contributed by atoms with Gasteiger partial charge in [0.15, 0.2) is 0 Å². The third kappa shape index (κ3) is 3.62. The first kappa shape index (κ1) is 16.4. The molecule has 0 radical (unpaired) electrons. The van der Waals surface area contributed by atoms with E-state index in [1.54, 1.807) is 6.92 Å². The van der Waals surface area contributed by atoms with Gasteiger partial charge in [0.2, 0.25) is 0 Å². The standard InChI is InChI=1S/C11H9BrFNO4S3/c1-7-6-10(19-11(7)12)21(17,18)14-8-4-2-3-5-9(8)20(13,15)16/h2-6,14H,1H3. The summed E-state index contributed by atoms with van der Waals surface area (Å²) in [5.74, 6) is 0. The van der Waals surface area contributed by atoms with Crippen molar-refractivity contribution < 1.29 is 20.7 Å². The lowest BCUT2D eigenvalue weighted by atomic mass is 10.3. The maximum absolute atomic E-state index is 13.2. The van der Waals surface area contributed by atoms with E-state index in [1.807, 2.05) is 0 Å². The lowest BCUT2D eigenvalue weighted by Crippen LogP contribution is -2.13. The zero-order valence-corrected chi connectivity index (χ0v) is 14.5. The van der Waals surface area contributed by atoms with Crippen molar-refractivity contribution in [1.29, 1.82) is 0 Å². The van der Waals surface area contributed by atoms with E-state index in [1.165, 1.54) is 24.3 Å². The minimum Gasteiger partial charge on any atom is -0.278 e. The van der Waals surface area contributed by atoms with E-state index >= 15 is 0 Å². The molecule has 2 aromatic rings. The molecule has 2 rings (SSSR count). The van der Waals surface area contributed by atoms with Crippen LogP contribution in [0.5, 0.6) is 0 Å². The molecule has 10 heteroatoms. The van der Waals surface area contributed by atoms with Crippen LogP contribution in [0.25, 0.3) is 0 Å². The monoisotopic (exact) mass is 413 g/mol. The minimum absolute atomic E-state index is 0.00191. The molecule has 0 aliphatic heterocycles. The highest BCUT2D eigenvalue weighted by Gasteiger charge is 2.23. The van der Waals surface area contributed by atoms with E-state index < -0.39 is 25.1 Å². The van der Waals surface area contributed by atoms with Crippen LogP contribution in [-0.2, 0) is 20.2 Å². The number of thiophene rings is 1. The Morgan fingerprint density at radius 1 is 1.19 bits per heavy atom. The number of rotatable bonds is 4. The normalized spacial score (nSPS) is 12.3. The molecule has 114 valence electrons. The zero-order chi connectivity index (χ0) is 15.8. The van der Waals surface area contributed by atoms with Gasteiger partial charge in [-0.2, -0.15) is 8.42 Å². The Balaban J connectivity index is 2.47. The fraction of sp³-hybridized carbons (Fsp3) is 0.0909. The Bertz CT molecular complexity index is 870. The van der Waals surface area contributed by atoms with Crippen LogP contribution in [0.2, 0.25) is 0 Å². The van der Waals surface area contributed by atoms with Crippen molar-refractivity contribution in [2.45, 2.75) is 16.0 Å². The molecular weight excluding hydrogens is 405 g/mol. The highest BCUT2D eigenvalue weighted by Crippen LogP contribution is 2.32. The molecule has 21 heavy (non-hydrogen) atoms. The summed E-state index contributed by atoms with van der Waals surface area (Å²) in [6.07, 6.45) is 0. The summed E-state index contributed by atoms with van der Waals surface area (Å²) in [6.45, 7) is 1.72. The molecule has 0 bridgehead atoms. The number of nitrogens with one attached hydrogen (secondary N) is 1. The molecule has 5 nitrogen and oxygen atoms in total. The number of benzene rings is 1. The minimum atomic E-state index is -5.02. The van der Waals surface area contributed by atoms with Crippen LogP contribution in [0, 0.1) is 6.92 Å². The summed E-state index contributed by atoms with van der Waals surface area (Å²) >= 11 is 4.19. The van der Waals surface area contributed by atoms with Crippen LogP contribution < -0.4 is 4.72 Å². The Kier molecular flexibility index (Phi) is 4.43. The van der Waals surface area contributed by atoms with Crippen LogP contribution in [0.1, 0.15) is 5.56 Å². The lowest BCUT2D eigenvalue weighted by molar-refractivity contribution is 0.552. The molecule has 0 amide bonds. The summed E-state index contributed by atoms with van der Waals surface area (Å²) in [4.78, 5) is -0.721. The highest BCUT2D eigenvalue weighted by atomic mass is 79.9. The number of anilines is 1. The van der Waals surface area contributed by atoms with Crippen molar-refractivity contribution >= 4 is 53.2 Å². The van der Waals surface area contributed by atoms with Crippen molar-refractivity contribution in [2.24, 2.45) is 0 Å². The molecule has 0 saturated carbocycles. The number of hydrogen-bond acceptors (Lipinski definition) is 5. The van der Waals surface area contributed by atoms with Crippen LogP contribution in [-0.4, -0.2) is 16.8 Å². The fourth-order valence-electron chi connectivity index (χ4n) is 1.52. The molecule has 1 N–H and O–H groups in total. The van der Waals surface area contributed by atoms with Gasteiger partial charge in [0.05, 0.1) is 9.47 Å². The van der Waals surface area contributed by atoms with E-state index in [0.29, 0.717) is 3.79 Å². The summed E-state index contributed by atoms with van der Waals surface area (Å²) in [5.41, 5.74) is 0.397. The van der Waals surface area contributed by atoms with E-state index in [2.05, 4.69) is 20.7 Å². The molecule has 1 heterocycles. The SMILES string of the molecule is Cc1cc(S(=O)(=O)Nc2ccccc2S(=O)(=O)F)sc1Br. The average molecular weight is 414 g/mol. The van der Waals surface area contributed by atoms with Crippen molar-refractivity contribution in [1.82, 2.24) is 0 Å². The number of aryl methyl sites for hydroxylation is 1. The van der Waals surface area contributed by atoms with Crippen molar-refractivity contribution in [3.05, 3.63) is 39.7 Å². The van der Waals surface area contributed by atoms with Crippen LogP contribution >= 0.6 is 27.3 Å². The smallest absolute Gasteiger partial charge is 0.278 e. The van der Waals surface area contributed by atoms with Crippen molar-refractivity contribution in [3.8, 4) is 0 Å². The fourth-order valence-corrected chi connectivity index (χ4v) is 5.52. The van der Waals surface area contributed by atoms with E-state index in [4.69, 9.17) is 0 Å². The molecule has 0 spiro atoms. The first-order valence-corrected chi connectivity index (χ1v) is 9.91. The van der Waals surface area contributed by atoms with Gasteiger partial charge < -0.3 is 0 Å². The van der Waals surface area contributed by atoms with Gasteiger partial charge in [0.25, 0.3) is 10.0 Å². The molecule has 1 aromatic heterocycles. The average Bonchev–Trinajstić information content (AvgIpc) is 2.69. The maximum atomic E-state index is 13.2. The molecule has 0 saturated heterocycles. The first-order chi connectivity index (χ1) is 9.61. The molecule has 0 unspecified atom stereocenters. The summed E-state index contributed by atoms with van der Waals surface area (Å²) in [7, 11) is -9.01. The maximum Gasteiger partial charge on any atom is 0.334 e. The zero-order valence-electron chi connectivity index (χ0n) is 10.5. The third-order valence-corrected chi connectivity index (χ3v) is 7.35. The predicted octanol–water partition coefficient (Wildman–Crippen LogP) is 3.28. The van der Waals surface area contributed by atoms with Gasteiger partial charge >= 0.3 is 10.2 Å². The second kappa shape index (κ2) is 5.67. The number of hydrogen-bond donors (Lipinski definition) is 1. The molecule has 0 atom stereocenters. The van der Waals surface area contributed by atoms with Crippen molar-refractivity contribution in [3.63, 3.8) is 0 Å². The predicted molar refractivity (Wildman–Crippen MR) is 82.3 cm³/mol. The van der Waals surface area contributed by atoms with E-state index in [0.717, 1.165) is 23.0 Å². The van der Waals surface area contributed by atoms with Gasteiger partial charge in [-0.15, -0.1) is 15.2 Å². The van der Waals surface area contributed by atoms with Gasteiger partial charge in [-0.3, -0.25) is 4.72 Å². The third-order valence-electron chi connectivity index (χ3n) is 2.49. The topological polar surface area (TPSA) is 80.3 Å². The Hall–Kier alpha value is -0.970. The number of sulfonamides is 1. The largest absolute Gasteiger partial charge is 0.334 e. The van der Waals surface area contributed by atoms with E-state index in [-0.39, 0.29) is 9.90 Å². The summed E-state index contributed by atoms with van der Waals surface area (Å²) < 4.78 is 62.4. The number of halogens is 2. The van der Waals surface area contributed by atoms with Gasteiger partial charge in [-0.1, -0.05) is 12.1 Å². The van der Waals surface area contributed by atoms with Crippen LogP contribution in [0.3, 0.4) is 0 Å². The number of para-hydroxylation sites is 1. The second-order valence-corrected chi connectivity index (χ2v) is 9.66. The molecule has 0 fully saturated rings. The molecule has 1 aromatic carbocycles. The highest BCUT2D eigenvalue weighted by molar-refractivity contribution is 9.11. The molecule has 0 aliphatic carbocycles. The second-order valence-electron chi connectivity index (χ2n) is 4.06. The van der Waals surface area contributed by atoms with Gasteiger partial charge in [-0.25, -0.2) is 8.42 Å². The van der Waals surface area contributed by atoms with Gasteiger partial charge in [0, 0.05) is 0 Å². The van der Waals surface area contributed by atoms with Crippen LogP contribution in [0.15, 0.2) is 43.2 Å². The van der Waals surface area contributed by atoms with Gasteiger partial charge in [-0.05, 0) is 46.6 Å². The lowest BCUT2D eigenvalue weighted by Gasteiger charge is -2.08. The Labute approximate surface area is 134 Å². The van der Waals surface area contributed by atoms with Gasteiger partial charge in [0.1, 0.15) is 9.10 Å². The molecule has 0 aliphatic rings. The van der Waals surface area contributed by atoms with Crippen LogP contribution in [0.4, 0.5) is 9.57 Å². The summed E-state index contributed by atoms with van der Waals surface area (Å²) in [5, 5.41) is 0. The Morgan fingerprint density at radius 3 is 2.33 bits per heavy atom. The summed E-state index contributed by atoms with van der Waals surface area (Å²) in [6, 6.07) is 6.31. The first-order valence-electron chi connectivity index (χ1n) is 5.44. The Morgan fingerprint density at radius 2 is 1.81 bits per heavy atom. The van der Waals surface area contributed by atoms with Crippen molar-refractivity contribution in [2.75, 3.05) is 4.72 Å².